The lowest BCUT2D eigenvalue weighted by Gasteiger charge is -2.23. The molecule has 9 nitrogen and oxygen atoms in total. The predicted molar refractivity (Wildman–Crippen MR) is 91.9 cm³/mol. The minimum absolute atomic E-state index is 0.0251. The summed E-state index contributed by atoms with van der Waals surface area (Å²) in [6.45, 7) is 7.45. The molecule has 0 spiro atoms. The van der Waals surface area contributed by atoms with Crippen LogP contribution in [0.1, 0.15) is 41.0 Å². The van der Waals surface area contributed by atoms with Crippen molar-refractivity contribution in [2.45, 2.75) is 64.9 Å². The summed E-state index contributed by atoms with van der Waals surface area (Å²) in [7, 11) is 0. The first-order chi connectivity index (χ1) is 11.9. The van der Waals surface area contributed by atoms with E-state index < -0.39 is 47.6 Å². The molecule has 146 valence electrons. The Morgan fingerprint density at radius 3 is 2.23 bits per heavy atom. The zero-order chi connectivity index (χ0) is 20.5. The van der Waals surface area contributed by atoms with Gasteiger partial charge in [-0.2, -0.15) is 0 Å². The van der Waals surface area contributed by atoms with E-state index in [1.165, 1.54) is 6.92 Å². The first-order valence-corrected chi connectivity index (χ1v) is 8.00. The quantitative estimate of drug-likeness (QED) is 0.309. The smallest absolute Gasteiger partial charge is 0.407 e. The van der Waals surface area contributed by atoms with Gasteiger partial charge in [-0.15, -0.1) is 6.42 Å². The summed E-state index contributed by atoms with van der Waals surface area (Å²) in [6, 6.07) is -1.33. The number of ether oxygens (including phenoxy) is 2. The molecule has 9 heteroatoms. The highest BCUT2D eigenvalue weighted by Crippen LogP contribution is 2.07. The maximum Gasteiger partial charge on any atom is 0.407 e. The highest BCUT2D eigenvalue weighted by atomic mass is 16.6. The molecule has 0 heterocycles. The van der Waals surface area contributed by atoms with Gasteiger partial charge in [-0.3, -0.25) is 14.4 Å². The van der Waals surface area contributed by atoms with Gasteiger partial charge < -0.3 is 25.2 Å². The maximum absolute atomic E-state index is 12.3. The fourth-order valence-electron chi connectivity index (χ4n) is 1.80. The van der Waals surface area contributed by atoms with E-state index in [2.05, 4.69) is 10.6 Å². The van der Waals surface area contributed by atoms with Crippen molar-refractivity contribution >= 4 is 23.8 Å². The molecule has 1 unspecified atom stereocenters. The zero-order valence-corrected chi connectivity index (χ0v) is 15.6. The van der Waals surface area contributed by atoms with Crippen molar-refractivity contribution in [1.82, 2.24) is 10.6 Å². The summed E-state index contributed by atoms with van der Waals surface area (Å²) >= 11 is 0. The molecule has 0 fully saturated rings. The Labute approximate surface area is 152 Å². The number of alkyl carbamates (subject to hydrolysis) is 1. The number of terminal acetylenes is 1. The van der Waals surface area contributed by atoms with Crippen molar-refractivity contribution in [3.05, 3.63) is 0 Å². The Morgan fingerprint density at radius 2 is 1.81 bits per heavy atom. The second kappa shape index (κ2) is 10.4. The lowest BCUT2D eigenvalue weighted by Crippen LogP contribution is -2.51. The number of Topliss-reactive ketones (excluding diaryl/α,β-unsaturated/α-hetero) is 1. The van der Waals surface area contributed by atoms with Crippen molar-refractivity contribution in [1.29, 1.82) is 0 Å². The molecule has 0 aliphatic heterocycles. The Bertz CT molecular complexity index is 573. The monoisotopic (exact) mass is 370 g/mol. The summed E-state index contributed by atoms with van der Waals surface area (Å²) < 4.78 is 9.95. The summed E-state index contributed by atoms with van der Waals surface area (Å²) in [6.07, 6.45) is 1.72. The summed E-state index contributed by atoms with van der Waals surface area (Å²) in [5.41, 5.74) is -0.684. The van der Waals surface area contributed by atoms with E-state index in [0.717, 1.165) is 6.92 Å². The number of amides is 2. The van der Waals surface area contributed by atoms with Gasteiger partial charge in [0.2, 0.25) is 5.78 Å². The molecule has 0 radical (unpaired) electrons. The van der Waals surface area contributed by atoms with E-state index in [9.17, 15) is 24.3 Å². The summed E-state index contributed by atoms with van der Waals surface area (Å²) in [5, 5.41) is 14.2. The topological polar surface area (TPSA) is 131 Å². The molecule has 0 aliphatic carbocycles. The van der Waals surface area contributed by atoms with Crippen molar-refractivity contribution in [2.24, 2.45) is 0 Å². The lowest BCUT2D eigenvalue weighted by molar-refractivity contribution is -0.154. The predicted octanol–water partition coefficient (Wildman–Crippen LogP) is -0.0992. The van der Waals surface area contributed by atoms with E-state index >= 15 is 0 Å². The van der Waals surface area contributed by atoms with E-state index in [4.69, 9.17) is 15.9 Å². The van der Waals surface area contributed by atoms with Crippen LogP contribution in [-0.2, 0) is 23.9 Å². The van der Waals surface area contributed by atoms with Gasteiger partial charge in [-0.05, 0) is 33.6 Å². The molecule has 0 bridgehead atoms. The van der Waals surface area contributed by atoms with E-state index in [0.29, 0.717) is 0 Å². The molecule has 0 aromatic rings. The molecule has 0 aromatic heterocycles. The van der Waals surface area contributed by atoms with Crippen LogP contribution in [-0.4, -0.2) is 59.3 Å². The van der Waals surface area contributed by atoms with Gasteiger partial charge in [-0.25, -0.2) is 4.79 Å². The molecule has 0 aromatic carbocycles. The van der Waals surface area contributed by atoms with Crippen molar-refractivity contribution in [3.63, 3.8) is 0 Å². The van der Waals surface area contributed by atoms with Crippen molar-refractivity contribution < 1.29 is 33.8 Å². The third-order valence-corrected chi connectivity index (χ3v) is 2.88. The van der Waals surface area contributed by atoms with Crippen molar-refractivity contribution in [3.8, 4) is 12.3 Å². The van der Waals surface area contributed by atoms with Crippen LogP contribution < -0.4 is 10.6 Å². The van der Waals surface area contributed by atoms with Gasteiger partial charge in [0, 0.05) is 19.9 Å². The first kappa shape index (κ1) is 23.4. The first-order valence-electron chi connectivity index (χ1n) is 8.00. The van der Waals surface area contributed by atoms with Gasteiger partial charge in [0.05, 0.1) is 6.10 Å². The minimum Gasteiger partial charge on any atom is -0.452 e. The second-order valence-corrected chi connectivity index (χ2v) is 6.55. The maximum atomic E-state index is 12.3. The van der Waals surface area contributed by atoms with Gasteiger partial charge in [0.1, 0.15) is 11.6 Å². The third-order valence-electron chi connectivity index (χ3n) is 2.88. The lowest BCUT2D eigenvalue weighted by atomic mass is 10.1. The number of hydrogen-bond acceptors (Lipinski definition) is 7. The Balaban J connectivity index is 4.85. The molecular formula is C17H26N2O7. The van der Waals surface area contributed by atoms with Gasteiger partial charge in [-0.1, -0.05) is 0 Å². The number of carbonyl (C=O) groups excluding carboxylic acids is 4. The summed E-state index contributed by atoms with van der Waals surface area (Å²) in [4.78, 5) is 46.6. The molecular weight excluding hydrogens is 344 g/mol. The van der Waals surface area contributed by atoms with Crippen LogP contribution in [0, 0.1) is 12.3 Å². The molecule has 26 heavy (non-hydrogen) atoms. The third kappa shape index (κ3) is 9.64. The highest BCUT2D eigenvalue weighted by Gasteiger charge is 2.29. The fourth-order valence-corrected chi connectivity index (χ4v) is 1.80. The minimum atomic E-state index is -1.33. The van der Waals surface area contributed by atoms with Crippen LogP contribution in [0.25, 0.3) is 0 Å². The molecule has 0 aliphatic rings. The summed E-state index contributed by atoms with van der Waals surface area (Å²) in [5.74, 6) is -0.543. The largest absolute Gasteiger partial charge is 0.452 e. The van der Waals surface area contributed by atoms with E-state index in [1.54, 1.807) is 20.8 Å². The SMILES string of the molecule is C#CC(=O)[C@@H](NC(=O)[C@H](CCNC(=O)OC(C)(C)C)OC(C)=O)C(C)O. The van der Waals surface area contributed by atoms with Crippen LogP contribution in [0.15, 0.2) is 0 Å². The number of hydrogen-bond donors (Lipinski definition) is 3. The number of aliphatic hydroxyl groups is 1. The highest BCUT2D eigenvalue weighted by molar-refractivity contribution is 6.02. The average molecular weight is 370 g/mol. The Kier molecular flexibility index (Phi) is 9.36. The molecule has 2 amide bonds. The molecule has 3 atom stereocenters. The van der Waals surface area contributed by atoms with Crippen LogP contribution in [0.5, 0.6) is 0 Å². The van der Waals surface area contributed by atoms with Gasteiger partial charge >= 0.3 is 12.1 Å². The Hall–Kier alpha value is -2.60. The van der Waals surface area contributed by atoms with Gasteiger partial charge in [0.15, 0.2) is 6.10 Å². The van der Waals surface area contributed by atoms with Gasteiger partial charge in [0.25, 0.3) is 5.91 Å². The normalized spacial score (nSPS) is 14.2. The molecule has 3 N–H and O–H groups in total. The fraction of sp³-hybridized carbons (Fsp3) is 0.647. The molecule has 0 saturated carbocycles. The number of ketones is 1. The van der Waals surface area contributed by atoms with Crippen LogP contribution in [0.3, 0.4) is 0 Å². The van der Waals surface area contributed by atoms with E-state index in [-0.39, 0.29) is 13.0 Å². The molecule has 0 saturated heterocycles. The number of esters is 1. The van der Waals surface area contributed by atoms with E-state index in [1.807, 2.05) is 5.92 Å². The number of carbonyl (C=O) groups is 4. The number of rotatable bonds is 8. The average Bonchev–Trinajstić information content (AvgIpc) is 2.48. The van der Waals surface area contributed by atoms with Crippen molar-refractivity contribution in [2.75, 3.05) is 6.54 Å². The van der Waals surface area contributed by atoms with Crippen LogP contribution >= 0.6 is 0 Å². The standard InChI is InChI=1S/C17H26N2O7/c1-7-12(22)14(10(2)20)19-15(23)13(25-11(3)21)8-9-18-16(24)26-17(4,5)6/h1,10,13-14,20H,8-9H2,2-6H3,(H,18,24)(H,19,23)/t10?,13-,14-/m0/s1. The Morgan fingerprint density at radius 1 is 1.23 bits per heavy atom. The van der Waals surface area contributed by atoms with Crippen LogP contribution in [0.2, 0.25) is 0 Å². The molecule has 0 rings (SSSR count). The number of aliphatic hydroxyl groups excluding tert-OH is 1. The zero-order valence-electron chi connectivity index (χ0n) is 15.6. The second-order valence-electron chi connectivity index (χ2n) is 6.55. The van der Waals surface area contributed by atoms with Crippen LogP contribution in [0.4, 0.5) is 4.79 Å². The number of nitrogens with one attached hydrogen (secondary N) is 2.